The zero-order valence-electron chi connectivity index (χ0n) is 9.08. The molecule has 0 aliphatic carbocycles. The number of furan rings is 1. The van der Waals surface area contributed by atoms with Crippen molar-refractivity contribution in [3.8, 4) is 0 Å². The fourth-order valence-electron chi connectivity index (χ4n) is 1.19. The summed E-state index contributed by atoms with van der Waals surface area (Å²) in [6, 6.07) is 9.11. The molecule has 0 radical (unpaired) electrons. The quantitative estimate of drug-likeness (QED) is 0.691. The first-order chi connectivity index (χ1) is 8.58. The molecule has 0 spiro atoms. The van der Waals surface area contributed by atoms with E-state index in [0.717, 1.165) is 0 Å². The topological polar surface area (TPSA) is 71.7 Å². The molecule has 1 N–H and O–H groups in total. The van der Waals surface area contributed by atoms with Crippen LogP contribution in [0, 0.1) is 0 Å². The molecule has 94 valence electrons. The highest BCUT2D eigenvalue weighted by Gasteiger charge is 2.11. The zero-order chi connectivity index (χ0) is 13.0. The molecule has 0 amide bonds. The molecule has 0 aliphatic rings. The van der Waals surface area contributed by atoms with Crippen LogP contribution >= 0.6 is 11.6 Å². The van der Waals surface area contributed by atoms with Gasteiger partial charge in [0.1, 0.15) is 5.76 Å². The summed E-state index contributed by atoms with van der Waals surface area (Å²) in [4.78, 5) is 2.16. The normalized spacial score (nSPS) is 11.8. The van der Waals surface area contributed by atoms with Crippen LogP contribution in [0.25, 0.3) is 0 Å². The summed E-state index contributed by atoms with van der Waals surface area (Å²) >= 11 is 5.68. The maximum Gasteiger partial charge on any atom is 0.276 e. The molecule has 7 heteroatoms. The Balaban J connectivity index is 2.10. The summed E-state index contributed by atoms with van der Waals surface area (Å²) in [7, 11) is -3.68. The van der Waals surface area contributed by atoms with E-state index in [9.17, 15) is 8.42 Å². The van der Waals surface area contributed by atoms with Crippen molar-refractivity contribution in [2.75, 3.05) is 0 Å². The van der Waals surface area contributed by atoms with Crippen LogP contribution < -0.4 is 4.83 Å². The molecule has 18 heavy (non-hydrogen) atoms. The van der Waals surface area contributed by atoms with E-state index in [0.29, 0.717) is 10.8 Å². The maximum atomic E-state index is 11.8. The number of benzene rings is 1. The van der Waals surface area contributed by atoms with E-state index >= 15 is 0 Å². The minimum Gasteiger partial charge on any atom is -0.463 e. The lowest BCUT2D eigenvalue weighted by Crippen LogP contribution is -2.18. The molecule has 0 saturated carbocycles. The van der Waals surface area contributed by atoms with Crippen molar-refractivity contribution in [1.29, 1.82) is 0 Å². The molecule has 0 unspecified atom stereocenters. The molecule has 0 fully saturated rings. The Bertz CT molecular complexity index is 633. The first-order valence-corrected chi connectivity index (χ1v) is 6.78. The van der Waals surface area contributed by atoms with Gasteiger partial charge in [-0.25, -0.2) is 0 Å². The van der Waals surface area contributed by atoms with Gasteiger partial charge < -0.3 is 4.42 Å². The van der Waals surface area contributed by atoms with Crippen LogP contribution in [-0.2, 0) is 10.0 Å². The molecule has 2 rings (SSSR count). The smallest absolute Gasteiger partial charge is 0.276 e. The Kier molecular flexibility index (Phi) is 3.69. The Labute approximate surface area is 109 Å². The van der Waals surface area contributed by atoms with Gasteiger partial charge in [-0.2, -0.15) is 18.4 Å². The molecule has 0 atom stereocenters. The van der Waals surface area contributed by atoms with Gasteiger partial charge >= 0.3 is 0 Å². The SMILES string of the molecule is O=S(=O)(N/N=C\c1ccco1)c1ccc(Cl)cc1. The van der Waals surface area contributed by atoms with Crippen LogP contribution in [0.2, 0.25) is 5.02 Å². The Morgan fingerprint density at radius 2 is 1.94 bits per heavy atom. The first kappa shape index (κ1) is 12.7. The highest BCUT2D eigenvalue weighted by atomic mass is 35.5. The fraction of sp³-hybridized carbons (Fsp3) is 0. The third kappa shape index (κ3) is 3.12. The average molecular weight is 285 g/mol. The zero-order valence-corrected chi connectivity index (χ0v) is 10.6. The van der Waals surface area contributed by atoms with Crippen molar-refractivity contribution >= 4 is 27.8 Å². The molecule has 1 aromatic heterocycles. The van der Waals surface area contributed by atoms with Crippen molar-refractivity contribution in [3.63, 3.8) is 0 Å². The van der Waals surface area contributed by atoms with Gasteiger partial charge in [0.2, 0.25) is 0 Å². The predicted molar refractivity (Wildman–Crippen MR) is 68.1 cm³/mol. The summed E-state index contributed by atoms with van der Waals surface area (Å²) < 4.78 is 28.5. The average Bonchev–Trinajstić information content (AvgIpc) is 2.82. The third-order valence-corrected chi connectivity index (χ3v) is 3.52. The van der Waals surface area contributed by atoms with E-state index < -0.39 is 10.0 Å². The summed E-state index contributed by atoms with van der Waals surface area (Å²) in [5.41, 5.74) is 0. The van der Waals surface area contributed by atoms with Gasteiger partial charge in [0, 0.05) is 5.02 Å². The highest BCUT2D eigenvalue weighted by molar-refractivity contribution is 7.89. The molecule has 1 heterocycles. The first-order valence-electron chi connectivity index (χ1n) is 4.92. The second-order valence-electron chi connectivity index (χ2n) is 3.32. The summed E-state index contributed by atoms with van der Waals surface area (Å²) in [6.45, 7) is 0. The van der Waals surface area contributed by atoms with Crippen molar-refractivity contribution in [2.45, 2.75) is 4.90 Å². The number of nitrogens with one attached hydrogen (secondary N) is 1. The van der Waals surface area contributed by atoms with Crippen molar-refractivity contribution in [1.82, 2.24) is 4.83 Å². The number of halogens is 1. The number of hydrogen-bond acceptors (Lipinski definition) is 4. The van der Waals surface area contributed by atoms with E-state index in [1.807, 2.05) is 0 Å². The Hall–Kier alpha value is -1.79. The van der Waals surface area contributed by atoms with Crippen LogP contribution in [-0.4, -0.2) is 14.6 Å². The van der Waals surface area contributed by atoms with Crippen molar-refractivity contribution in [2.24, 2.45) is 5.10 Å². The lowest BCUT2D eigenvalue weighted by molar-refractivity contribution is 0.559. The number of hydrazone groups is 1. The molecule has 2 aromatic rings. The second kappa shape index (κ2) is 5.24. The van der Waals surface area contributed by atoms with Gasteiger partial charge in [-0.05, 0) is 36.4 Å². The molecular weight excluding hydrogens is 276 g/mol. The largest absolute Gasteiger partial charge is 0.463 e. The number of sulfonamides is 1. The van der Waals surface area contributed by atoms with Gasteiger partial charge in [0.05, 0.1) is 17.4 Å². The van der Waals surface area contributed by atoms with Gasteiger partial charge in [-0.1, -0.05) is 11.6 Å². The maximum absolute atomic E-state index is 11.8. The monoisotopic (exact) mass is 284 g/mol. The minimum atomic E-state index is -3.68. The van der Waals surface area contributed by atoms with Crippen LogP contribution in [0.1, 0.15) is 5.76 Å². The second-order valence-corrected chi connectivity index (χ2v) is 5.42. The fourth-order valence-corrected chi connectivity index (χ4v) is 2.11. The number of hydrogen-bond donors (Lipinski definition) is 1. The van der Waals surface area contributed by atoms with Crippen LogP contribution in [0.15, 0.2) is 57.1 Å². The Morgan fingerprint density at radius 3 is 2.56 bits per heavy atom. The predicted octanol–water partition coefficient (Wildman–Crippen LogP) is 2.25. The number of nitrogens with zero attached hydrogens (tertiary/aromatic N) is 1. The van der Waals surface area contributed by atoms with E-state index in [1.165, 1.54) is 36.7 Å². The lowest BCUT2D eigenvalue weighted by atomic mass is 10.4. The van der Waals surface area contributed by atoms with Crippen LogP contribution in [0.3, 0.4) is 0 Å². The minimum absolute atomic E-state index is 0.0866. The van der Waals surface area contributed by atoms with Crippen molar-refractivity contribution < 1.29 is 12.8 Å². The summed E-state index contributed by atoms with van der Waals surface area (Å²) in [5, 5.41) is 4.06. The third-order valence-electron chi connectivity index (χ3n) is 2.03. The Morgan fingerprint density at radius 1 is 1.22 bits per heavy atom. The van der Waals surface area contributed by atoms with E-state index in [-0.39, 0.29) is 4.90 Å². The van der Waals surface area contributed by atoms with E-state index in [4.69, 9.17) is 16.0 Å². The summed E-state index contributed by atoms with van der Waals surface area (Å²) in [6.07, 6.45) is 2.74. The molecule has 5 nitrogen and oxygen atoms in total. The van der Waals surface area contributed by atoms with Crippen LogP contribution in [0.4, 0.5) is 0 Å². The molecule has 1 aromatic carbocycles. The summed E-state index contributed by atoms with van der Waals surface area (Å²) in [5.74, 6) is 0.453. The number of rotatable bonds is 4. The molecule has 0 bridgehead atoms. The lowest BCUT2D eigenvalue weighted by Gasteiger charge is -2.02. The van der Waals surface area contributed by atoms with E-state index in [2.05, 4.69) is 9.93 Å². The van der Waals surface area contributed by atoms with Gasteiger partial charge in [0.15, 0.2) is 0 Å². The van der Waals surface area contributed by atoms with Crippen LogP contribution in [0.5, 0.6) is 0 Å². The molecular formula is C11H9ClN2O3S. The van der Waals surface area contributed by atoms with E-state index in [1.54, 1.807) is 12.1 Å². The molecule has 0 saturated heterocycles. The standard InChI is InChI=1S/C11H9ClN2O3S/c12-9-3-5-11(6-4-9)18(15,16)14-13-8-10-2-1-7-17-10/h1-8,14H/b13-8-. The van der Waals surface area contributed by atoms with Gasteiger partial charge in [-0.3, -0.25) is 0 Å². The van der Waals surface area contributed by atoms with Crippen molar-refractivity contribution in [3.05, 3.63) is 53.4 Å². The van der Waals surface area contributed by atoms with Gasteiger partial charge in [0.25, 0.3) is 10.0 Å². The van der Waals surface area contributed by atoms with Gasteiger partial charge in [-0.15, -0.1) is 0 Å². The highest BCUT2D eigenvalue weighted by Crippen LogP contribution is 2.13. The molecule has 0 aliphatic heterocycles.